The number of benzene rings is 2. The average Bonchev–Trinajstić information content (AvgIpc) is 3.06. The van der Waals surface area contributed by atoms with E-state index in [1.165, 1.54) is 26.2 Å². The van der Waals surface area contributed by atoms with Crippen molar-refractivity contribution in [2.45, 2.75) is 6.04 Å². The van der Waals surface area contributed by atoms with Gasteiger partial charge in [0, 0.05) is 23.7 Å². The molecule has 8 nitrogen and oxygen atoms in total. The summed E-state index contributed by atoms with van der Waals surface area (Å²) in [6.07, 6.45) is 0. The topological polar surface area (TPSA) is 88.5 Å². The zero-order chi connectivity index (χ0) is 24.3. The second-order valence-corrected chi connectivity index (χ2v) is 8.20. The number of carbonyl (C=O) groups is 2. The van der Waals surface area contributed by atoms with Crippen LogP contribution in [0.15, 0.2) is 42.0 Å². The number of halogens is 1. The molecule has 1 saturated heterocycles. The van der Waals surface area contributed by atoms with Crippen molar-refractivity contribution in [1.29, 1.82) is 0 Å². The molecule has 0 radical (unpaired) electrons. The van der Waals surface area contributed by atoms with Crippen molar-refractivity contribution < 1.29 is 28.9 Å². The molecule has 2 aromatic carbocycles. The number of carbonyl (C=O) groups excluding carboxylic acids is 2. The van der Waals surface area contributed by atoms with Gasteiger partial charge in [-0.3, -0.25) is 9.59 Å². The van der Waals surface area contributed by atoms with Crippen LogP contribution in [0.1, 0.15) is 17.2 Å². The van der Waals surface area contributed by atoms with Gasteiger partial charge >= 0.3 is 0 Å². The number of ketones is 1. The number of likely N-dealkylation sites (N-methyl/N-ethyl adjacent to an activating group) is 1. The van der Waals surface area contributed by atoms with Crippen LogP contribution in [-0.2, 0) is 9.59 Å². The predicted molar refractivity (Wildman–Crippen MR) is 125 cm³/mol. The number of likely N-dealkylation sites (tertiary alicyclic amines) is 1. The molecular weight excluding hydrogens is 448 g/mol. The molecule has 0 saturated carbocycles. The van der Waals surface area contributed by atoms with E-state index >= 15 is 0 Å². The second-order valence-electron chi connectivity index (χ2n) is 7.76. The molecule has 1 unspecified atom stereocenters. The smallest absolute Gasteiger partial charge is 0.295 e. The van der Waals surface area contributed by atoms with Crippen LogP contribution < -0.4 is 14.2 Å². The molecule has 3 rings (SSSR count). The van der Waals surface area contributed by atoms with E-state index in [2.05, 4.69) is 0 Å². The van der Waals surface area contributed by atoms with Crippen LogP contribution in [0.2, 0.25) is 5.02 Å². The van der Waals surface area contributed by atoms with E-state index in [0.29, 0.717) is 39.9 Å². The third kappa shape index (κ3) is 4.77. The van der Waals surface area contributed by atoms with E-state index in [0.717, 1.165) is 0 Å². The number of rotatable bonds is 8. The molecule has 1 amide bonds. The molecule has 1 fully saturated rings. The third-order valence-electron chi connectivity index (χ3n) is 5.45. The zero-order valence-electron chi connectivity index (χ0n) is 19.2. The highest BCUT2D eigenvalue weighted by Crippen LogP contribution is 2.45. The lowest BCUT2D eigenvalue weighted by Gasteiger charge is -2.27. The summed E-state index contributed by atoms with van der Waals surface area (Å²) < 4.78 is 16.3. The van der Waals surface area contributed by atoms with Crippen LogP contribution in [0.25, 0.3) is 5.76 Å². The molecule has 1 atom stereocenters. The van der Waals surface area contributed by atoms with Gasteiger partial charge in [0.25, 0.3) is 11.7 Å². The van der Waals surface area contributed by atoms with Crippen molar-refractivity contribution in [3.8, 4) is 17.2 Å². The molecule has 0 aliphatic carbocycles. The van der Waals surface area contributed by atoms with E-state index in [1.54, 1.807) is 36.4 Å². The maximum atomic E-state index is 13.1. The van der Waals surface area contributed by atoms with Gasteiger partial charge in [-0.15, -0.1) is 0 Å². The summed E-state index contributed by atoms with van der Waals surface area (Å²) in [7, 11) is 8.21. The Hall–Kier alpha value is -3.23. The third-order valence-corrected chi connectivity index (χ3v) is 5.70. The molecule has 9 heteroatoms. The summed E-state index contributed by atoms with van der Waals surface area (Å²) >= 11 is 5.97. The summed E-state index contributed by atoms with van der Waals surface area (Å²) in [6, 6.07) is 8.90. The fraction of sp³-hybridized carbons (Fsp3) is 0.333. The van der Waals surface area contributed by atoms with Crippen molar-refractivity contribution in [2.24, 2.45) is 0 Å². The van der Waals surface area contributed by atoms with Crippen LogP contribution in [-0.4, -0.2) is 75.1 Å². The van der Waals surface area contributed by atoms with Crippen LogP contribution in [0.3, 0.4) is 0 Å². The second kappa shape index (κ2) is 10.1. The maximum Gasteiger partial charge on any atom is 0.295 e. The minimum Gasteiger partial charge on any atom is -0.507 e. The van der Waals surface area contributed by atoms with Crippen molar-refractivity contribution in [3.05, 3.63) is 58.1 Å². The lowest BCUT2D eigenvalue weighted by atomic mass is 9.94. The van der Waals surface area contributed by atoms with Crippen LogP contribution in [0.5, 0.6) is 17.2 Å². The van der Waals surface area contributed by atoms with E-state index in [-0.39, 0.29) is 17.9 Å². The number of hydrogen-bond acceptors (Lipinski definition) is 7. The lowest BCUT2D eigenvalue weighted by Crippen LogP contribution is -2.35. The van der Waals surface area contributed by atoms with E-state index in [4.69, 9.17) is 25.8 Å². The number of amides is 1. The fourth-order valence-electron chi connectivity index (χ4n) is 3.79. The lowest BCUT2D eigenvalue weighted by molar-refractivity contribution is -0.140. The molecule has 2 aromatic rings. The highest BCUT2D eigenvalue weighted by molar-refractivity contribution is 6.46. The van der Waals surface area contributed by atoms with Crippen molar-refractivity contribution in [3.63, 3.8) is 0 Å². The van der Waals surface area contributed by atoms with Crippen molar-refractivity contribution in [2.75, 3.05) is 48.5 Å². The average molecular weight is 475 g/mol. The monoisotopic (exact) mass is 474 g/mol. The Kier molecular flexibility index (Phi) is 7.50. The number of aliphatic hydroxyl groups excluding tert-OH is 1. The number of nitrogens with zero attached hydrogens (tertiary/aromatic N) is 2. The zero-order valence-corrected chi connectivity index (χ0v) is 20.0. The van der Waals surface area contributed by atoms with E-state index < -0.39 is 17.7 Å². The normalized spacial score (nSPS) is 17.5. The molecule has 1 N–H and O–H groups in total. The van der Waals surface area contributed by atoms with E-state index in [9.17, 15) is 14.7 Å². The number of Topliss-reactive ketones (excluding diaryl/α,β-unsaturated/α-hetero) is 1. The maximum absolute atomic E-state index is 13.1. The van der Waals surface area contributed by atoms with E-state index in [1.807, 2.05) is 19.0 Å². The molecule has 1 aliphatic rings. The number of hydrogen-bond donors (Lipinski definition) is 1. The first-order chi connectivity index (χ1) is 15.7. The standard InChI is InChI=1S/C24H27ClN2O6/c1-26(2)10-11-27-20(15-12-17(31-3)23(33-5)18(13-15)32-4)19(22(29)24(27)30)21(28)14-6-8-16(25)9-7-14/h6-9,12-13,20,28H,10-11H2,1-5H3. The van der Waals surface area contributed by atoms with Gasteiger partial charge in [0.2, 0.25) is 5.75 Å². The van der Waals surface area contributed by atoms with Gasteiger partial charge in [-0.05, 0) is 56.1 Å². The minimum absolute atomic E-state index is 0.0182. The molecule has 33 heavy (non-hydrogen) atoms. The van der Waals surface area contributed by atoms with Crippen LogP contribution >= 0.6 is 11.6 Å². The first-order valence-electron chi connectivity index (χ1n) is 10.2. The molecule has 176 valence electrons. The quantitative estimate of drug-likeness (QED) is 0.356. The molecule has 0 spiro atoms. The van der Waals surface area contributed by atoms with Gasteiger partial charge in [0.05, 0.1) is 32.9 Å². The van der Waals surface area contributed by atoms with Crippen molar-refractivity contribution in [1.82, 2.24) is 9.80 Å². The number of ether oxygens (including phenoxy) is 3. The Labute approximate surface area is 197 Å². The molecule has 1 heterocycles. The minimum atomic E-state index is -0.852. The van der Waals surface area contributed by atoms with Gasteiger partial charge < -0.3 is 29.1 Å². The first-order valence-corrected chi connectivity index (χ1v) is 10.6. The summed E-state index contributed by atoms with van der Waals surface area (Å²) in [6.45, 7) is 0.797. The van der Waals surface area contributed by atoms with Crippen LogP contribution in [0, 0.1) is 0 Å². The summed E-state index contributed by atoms with van der Waals surface area (Å²) in [5, 5.41) is 11.6. The van der Waals surface area contributed by atoms with Gasteiger partial charge in [0.15, 0.2) is 11.5 Å². The Morgan fingerprint density at radius 2 is 1.61 bits per heavy atom. The highest BCUT2D eigenvalue weighted by Gasteiger charge is 2.46. The van der Waals surface area contributed by atoms with Gasteiger partial charge in [-0.25, -0.2) is 0 Å². The number of aliphatic hydroxyl groups is 1. The molecule has 0 aromatic heterocycles. The predicted octanol–water partition coefficient (Wildman–Crippen LogP) is 3.35. The van der Waals surface area contributed by atoms with Gasteiger partial charge in [-0.1, -0.05) is 11.6 Å². The molecule has 1 aliphatic heterocycles. The first kappa shape index (κ1) is 24.4. The van der Waals surface area contributed by atoms with Crippen LogP contribution in [0.4, 0.5) is 0 Å². The Balaban J connectivity index is 2.25. The number of methoxy groups -OCH3 is 3. The van der Waals surface area contributed by atoms with Gasteiger partial charge in [0.1, 0.15) is 5.76 Å². The van der Waals surface area contributed by atoms with Gasteiger partial charge in [-0.2, -0.15) is 0 Å². The SMILES string of the molecule is COc1cc(C2C(=C(O)c3ccc(Cl)cc3)C(=O)C(=O)N2CCN(C)C)cc(OC)c1OC. The molecule has 0 bridgehead atoms. The summed E-state index contributed by atoms with van der Waals surface area (Å²) in [4.78, 5) is 29.5. The Bertz CT molecular complexity index is 1060. The highest BCUT2D eigenvalue weighted by atomic mass is 35.5. The Morgan fingerprint density at radius 3 is 2.09 bits per heavy atom. The molecular formula is C24H27ClN2O6. The largest absolute Gasteiger partial charge is 0.507 e. The summed E-state index contributed by atoms with van der Waals surface area (Å²) in [5.74, 6) is -0.609. The fourth-order valence-corrected chi connectivity index (χ4v) is 3.91. The Morgan fingerprint density at radius 1 is 1.03 bits per heavy atom. The summed E-state index contributed by atoms with van der Waals surface area (Å²) in [5.41, 5.74) is 0.899. The van der Waals surface area contributed by atoms with Crippen molar-refractivity contribution >= 4 is 29.1 Å².